The monoisotopic (exact) mass is 320 g/mol. The van der Waals surface area contributed by atoms with Crippen molar-refractivity contribution in [2.24, 2.45) is 0 Å². The number of carbonyl (C=O) groups excluding carboxylic acids is 1. The van der Waals surface area contributed by atoms with Gasteiger partial charge in [0.25, 0.3) is 5.91 Å². The number of nitrogens with one attached hydrogen (secondary N) is 2. The van der Waals surface area contributed by atoms with Crippen LogP contribution in [0.4, 0.5) is 14.7 Å². The normalized spacial score (nSPS) is 10.7. The minimum atomic E-state index is -2.91. The Hall–Kier alpha value is -3.23. The number of carbonyl (C=O) groups is 1. The van der Waals surface area contributed by atoms with Crippen LogP contribution in [0.15, 0.2) is 47.1 Å². The molecule has 0 atom stereocenters. The van der Waals surface area contributed by atoms with E-state index in [0.717, 1.165) is 0 Å². The van der Waals surface area contributed by atoms with Gasteiger partial charge >= 0.3 is 6.61 Å². The van der Waals surface area contributed by atoms with Crippen LogP contribution in [-0.2, 0) is 0 Å². The zero-order valence-corrected chi connectivity index (χ0v) is 11.5. The highest BCUT2D eigenvalue weighted by atomic mass is 19.3. The van der Waals surface area contributed by atoms with Crippen molar-refractivity contribution in [3.8, 4) is 17.1 Å². The van der Waals surface area contributed by atoms with E-state index < -0.39 is 12.5 Å². The molecule has 3 aromatic rings. The number of aromatic amines is 1. The second-order valence-corrected chi connectivity index (χ2v) is 4.35. The number of aromatic nitrogens is 3. The summed E-state index contributed by atoms with van der Waals surface area (Å²) >= 11 is 0. The highest BCUT2D eigenvalue weighted by Crippen LogP contribution is 2.22. The Labute approximate surface area is 128 Å². The average molecular weight is 320 g/mol. The molecule has 0 aliphatic rings. The third kappa shape index (κ3) is 3.51. The van der Waals surface area contributed by atoms with Crippen molar-refractivity contribution < 1.29 is 22.7 Å². The maximum absolute atomic E-state index is 12.2. The summed E-state index contributed by atoms with van der Waals surface area (Å²) in [7, 11) is 0. The zero-order valence-electron chi connectivity index (χ0n) is 11.5. The van der Waals surface area contributed by atoms with Crippen LogP contribution >= 0.6 is 0 Å². The van der Waals surface area contributed by atoms with E-state index in [4.69, 9.17) is 4.42 Å². The van der Waals surface area contributed by atoms with Crippen molar-refractivity contribution in [3.05, 3.63) is 48.4 Å². The Morgan fingerprint density at radius 2 is 2.17 bits per heavy atom. The molecule has 2 heterocycles. The molecule has 118 valence electrons. The predicted molar refractivity (Wildman–Crippen MR) is 75.1 cm³/mol. The average Bonchev–Trinajstić information content (AvgIpc) is 3.18. The van der Waals surface area contributed by atoms with Gasteiger partial charge in [-0.2, -0.15) is 13.8 Å². The summed E-state index contributed by atoms with van der Waals surface area (Å²) in [5.74, 6) is -0.0740. The van der Waals surface area contributed by atoms with Crippen molar-refractivity contribution in [1.82, 2.24) is 15.2 Å². The molecular weight excluding hydrogens is 310 g/mol. The van der Waals surface area contributed by atoms with Crippen LogP contribution in [0.3, 0.4) is 0 Å². The van der Waals surface area contributed by atoms with Gasteiger partial charge < -0.3 is 9.15 Å². The number of furan rings is 1. The summed E-state index contributed by atoms with van der Waals surface area (Å²) < 4.78 is 33.7. The second-order valence-electron chi connectivity index (χ2n) is 4.35. The number of nitrogens with zero attached hydrogens (tertiary/aromatic N) is 2. The molecule has 2 N–H and O–H groups in total. The molecule has 0 spiro atoms. The molecule has 0 saturated heterocycles. The van der Waals surface area contributed by atoms with Gasteiger partial charge in [0.15, 0.2) is 11.6 Å². The van der Waals surface area contributed by atoms with Crippen molar-refractivity contribution in [2.75, 3.05) is 5.32 Å². The Morgan fingerprint density at radius 1 is 1.30 bits per heavy atom. The number of rotatable bonds is 5. The molecule has 0 bridgehead atoms. The Morgan fingerprint density at radius 3 is 2.91 bits per heavy atom. The van der Waals surface area contributed by atoms with Crippen LogP contribution in [0.1, 0.15) is 10.6 Å². The Balaban J connectivity index is 1.75. The van der Waals surface area contributed by atoms with Crippen LogP contribution in [0.25, 0.3) is 11.4 Å². The van der Waals surface area contributed by atoms with Gasteiger partial charge in [-0.3, -0.25) is 15.2 Å². The van der Waals surface area contributed by atoms with E-state index in [1.807, 2.05) is 0 Å². The van der Waals surface area contributed by atoms with E-state index in [1.165, 1.54) is 30.5 Å². The Kier molecular flexibility index (Phi) is 4.00. The summed E-state index contributed by atoms with van der Waals surface area (Å²) in [6, 6.07) is 9.02. The number of amides is 1. The largest absolute Gasteiger partial charge is 0.459 e. The fraction of sp³-hybridized carbons (Fsp3) is 0.0714. The van der Waals surface area contributed by atoms with Crippen molar-refractivity contribution in [1.29, 1.82) is 0 Å². The first-order chi connectivity index (χ1) is 11.1. The summed E-state index contributed by atoms with van der Waals surface area (Å²) in [4.78, 5) is 15.9. The Bertz CT molecular complexity index is 802. The molecule has 23 heavy (non-hydrogen) atoms. The first-order valence-corrected chi connectivity index (χ1v) is 6.44. The lowest BCUT2D eigenvalue weighted by Gasteiger charge is -2.04. The fourth-order valence-corrected chi connectivity index (χ4v) is 1.84. The van der Waals surface area contributed by atoms with Crippen LogP contribution < -0.4 is 10.1 Å². The highest BCUT2D eigenvalue weighted by Gasteiger charge is 2.13. The van der Waals surface area contributed by atoms with Crippen LogP contribution in [-0.4, -0.2) is 27.7 Å². The van der Waals surface area contributed by atoms with Gasteiger partial charge in [0.05, 0.1) is 6.26 Å². The van der Waals surface area contributed by atoms with E-state index in [2.05, 4.69) is 25.2 Å². The van der Waals surface area contributed by atoms with Gasteiger partial charge in [-0.25, -0.2) is 0 Å². The molecule has 0 unspecified atom stereocenters. The molecule has 3 rings (SSSR count). The molecule has 0 saturated carbocycles. The number of anilines is 1. The van der Waals surface area contributed by atoms with E-state index in [1.54, 1.807) is 12.1 Å². The molecule has 0 radical (unpaired) electrons. The molecule has 1 amide bonds. The lowest BCUT2D eigenvalue weighted by Crippen LogP contribution is -2.11. The van der Waals surface area contributed by atoms with Gasteiger partial charge in [0.2, 0.25) is 5.95 Å². The fourth-order valence-electron chi connectivity index (χ4n) is 1.84. The first-order valence-electron chi connectivity index (χ1n) is 6.44. The van der Waals surface area contributed by atoms with Crippen LogP contribution in [0.5, 0.6) is 5.75 Å². The summed E-state index contributed by atoms with van der Waals surface area (Å²) in [6.45, 7) is -2.91. The van der Waals surface area contributed by atoms with Crippen LogP contribution in [0, 0.1) is 0 Å². The maximum atomic E-state index is 12.2. The zero-order chi connectivity index (χ0) is 16.2. The lowest BCUT2D eigenvalue weighted by molar-refractivity contribution is -0.0498. The van der Waals surface area contributed by atoms with Gasteiger partial charge in [-0.15, -0.1) is 5.10 Å². The van der Waals surface area contributed by atoms with Gasteiger partial charge in [-0.1, -0.05) is 12.1 Å². The molecule has 1 aromatic carbocycles. The van der Waals surface area contributed by atoms with E-state index in [-0.39, 0.29) is 17.5 Å². The molecule has 0 fully saturated rings. The number of alkyl halides is 2. The molecule has 7 nitrogen and oxygen atoms in total. The number of hydrogen-bond donors (Lipinski definition) is 2. The quantitative estimate of drug-likeness (QED) is 0.754. The summed E-state index contributed by atoms with van der Waals surface area (Å²) in [6.07, 6.45) is 1.37. The molecule has 2 aromatic heterocycles. The van der Waals surface area contributed by atoms with Crippen molar-refractivity contribution in [3.63, 3.8) is 0 Å². The number of halogens is 2. The minimum absolute atomic E-state index is 0.00456. The predicted octanol–water partition coefficient (Wildman–Crippen LogP) is 2.92. The van der Waals surface area contributed by atoms with Gasteiger partial charge in [0.1, 0.15) is 5.75 Å². The SMILES string of the molecule is O=C(Nc1n[nH]c(-c2cccc(OC(F)F)c2)n1)c1ccco1. The third-order valence-electron chi connectivity index (χ3n) is 2.79. The standard InChI is InChI=1S/C14H10F2N4O3/c15-13(16)23-9-4-1-3-8(7-9)11-17-14(20-19-11)18-12(21)10-5-2-6-22-10/h1-7,13H,(H2,17,18,19,20,21). The minimum Gasteiger partial charge on any atom is -0.459 e. The first kappa shape index (κ1) is 14.7. The topological polar surface area (TPSA) is 93.0 Å². The molecule has 0 aliphatic carbocycles. The molecule has 0 aliphatic heterocycles. The summed E-state index contributed by atoms with van der Waals surface area (Å²) in [5, 5.41) is 8.88. The lowest BCUT2D eigenvalue weighted by atomic mass is 10.2. The summed E-state index contributed by atoms with van der Waals surface area (Å²) in [5.41, 5.74) is 0.481. The van der Waals surface area contributed by atoms with Crippen molar-refractivity contribution in [2.45, 2.75) is 6.61 Å². The molecule has 9 heteroatoms. The van der Waals surface area contributed by atoms with E-state index in [0.29, 0.717) is 11.4 Å². The van der Waals surface area contributed by atoms with Gasteiger partial charge in [-0.05, 0) is 24.3 Å². The second kappa shape index (κ2) is 6.26. The van der Waals surface area contributed by atoms with Crippen LogP contribution in [0.2, 0.25) is 0 Å². The van der Waals surface area contributed by atoms with E-state index >= 15 is 0 Å². The van der Waals surface area contributed by atoms with Crippen molar-refractivity contribution >= 4 is 11.9 Å². The maximum Gasteiger partial charge on any atom is 0.387 e. The smallest absolute Gasteiger partial charge is 0.387 e. The number of hydrogen-bond acceptors (Lipinski definition) is 5. The number of benzene rings is 1. The number of ether oxygens (including phenoxy) is 1. The third-order valence-corrected chi connectivity index (χ3v) is 2.79. The molecular formula is C14H10F2N4O3. The highest BCUT2D eigenvalue weighted by molar-refractivity contribution is 6.01. The van der Waals surface area contributed by atoms with E-state index in [9.17, 15) is 13.6 Å². The number of H-pyrrole nitrogens is 1. The van der Waals surface area contributed by atoms with Gasteiger partial charge in [0, 0.05) is 5.56 Å².